The summed E-state index contributed by atoms with van der Waals surface area (Å²) in [5.74, 6) is 1.24. The molecule has 0 amide bonds. The van der Waals surface area contributed by atoms with Gasteiger partial charge in [0, 0.05) is 34.5 Å². The van der Waals surface area contributed by atoms with E-state index in [1.807, 2.05) is 11.3 Å². The maximum Gasteiger partial charge on any atom is 0.0943 e. The molecule has 0 aliphatic heterocycles. The summed E-state index contributed by atoms with van der Waals surface area (Å²) in [4.78, 5) is 4.61. The lowest BCUT2D eigenvalue weighted by Gasteiger charge is -2.19. The number of hydrogen-bond acceptors (Lipinski definition) is 4. The molecule has 0 spiro atoms. The Balaban J connectivity index is 1.79. The number of thioether (sulfide) groups is 1. The van der Waals surface area contributed by atoms with E-state index in [0.717, 1.165) is 23.9 Å². The fourth-order valence-electron chi connectivity index (χ4n) is 2.55. The number of thiazole rings is 1. The molecule has 1 atom stereocenters. The average molecular weight is 299 g/mol. The van der Waals surface area contributed by atoms with E-state index in [2.05, 4.69) is 41.3 Å². The molecule has 4 heteroatoms. The first-order chi connectivity index (χ1) is 9.28. The number of nitrogens with zero attached hydrogens (tertiary/aromatic N) is 1. The SMILES string of the molecule is CCCNC(CSC1CCCC1)Cc1nc(C)cs1. The zero-order valence-corrected chi connectivity index (χ0v) is 13.8. The number of aromatic nitrogens is 1. The predicted octanol–water partition coefficient (Wildman–Crippen LogP) is 4.04. The van der Waals surface area contributed by atoms with Crippen molar-refractivity contribution in [1.29, 1.82) is 0 Å². The summed E-state index contributed by atoms with van der Waals surface area (Å²) in [6.07, 6.45) is 8.05. The van der Waals surface area contributed by atoms with Gasteiger partial charge in [0.15, 0.2) is 0 Å². The van der Waals surface area contributed by atoms with Gasteiger partial charge in [-0.1, -0.05) is 19.8 Å². The van der Waals surface area contributed by atoms with Crippen LogP contribution in [0.5, 0.6) is 0 Å². The molecule has 1 heterocycles. The molecule has 0 bridgehead atoms. The van der Waals surface area contributed by atoms with Crippen molar-refractivity contribution in [1.82, 2.24) is 10.3 Å². The number of rotatable bonds is 8. The summed E-state index contributed by atoms with van der Waals surface area (Å²) in [5, 5.41) is 8.07. The third-order valence-corrected chi connectivity index (χ3v) is 6.13. The number of nitrogens with one attached hydrogen (secondary N) is 1. The van der Waals surface area contributed by atoms with Crippen molar-refractivity contribution in [3.8, 4) is 0 Å². The Morgan fingerprint density at radius 2 is 2.26 bits per heavy atom. The van der Waals surface area contributed by atoms with E-state index in [-0.39, 0.29) is 0 Å². The number of aryl methyl sites for hydroxylation is 1. The van der Waals surface area contributed by atoms with Crippen LogP contribution in [0.4, 0.5) is 0 Å². The van der Waals surface area contributed by atoms with E-state index < -0.39 is 0 Å². The van der Waals surface area contributed by atoms with Crippen molar-refractivity contribution in [2.24, 2.45) is 0 Å². The summed E-state index contributed by atoms with van der Waals surface area (Å²) in [7, 11) is 0. The highest BCUT2D eigenvalue weighted by atomic mass is 32.2. The third-order valence-electron chi connectivity index (χ3n) is 3.61. The molecule has 2 nitrogen and oxygen atoms in total. The number of hydrogen-bond donors (Lipinski definition) is 1. The van der Waals surface area contributed by atoms with Gasteiger partial charge in [-0.3, -0.25) is 0 Å². The molecule has 1 saturated carbocycles. The van der Waals surface area contributed by atoms with E-state index >= 15 is 0 Å². The molecule has 0 aromatic carbocycles. The highest BCUT2D eigenvalue weighted by molar-refractivity contribution is 7.99. The van der Waals surface area contributed by atoms with Crippen molar-refractivity contribution < 1.29 is 0 Å². The summed E-state index contributed by atoms with van der Waals surface area (Å²) in [6.45, 7) is 5.45. The molecule has 1 fully saturated rings. The first-order valence-corrected chi connectivity index (χ1v) is 9.46. The topological polar surface area (TPSA) is 24.9 Å². The van der Waals surface area contributed by atoms with E-state index in [9.17, 15) is 0 Å². The van der Waals surface area contributed by atoms with E-state index in [1.165, 1.54) is 42.9 Å². The highest BCUT2D eigenvalue weighted by Gasteiger charge is 2.18. The minimum absolute atomic E-state index is 0.594. The van der Waals surface area contributed by atoms with Crippen LogP contribution < -0.4 is 5.32 Å². The van der Waals surface area contributed by atoms with Gasteiger partial charge in [-0.25, -0.2) is 4.98 Å². The first-order valence-electron chi connectivity index (χ1n) is 7.54. The van der Waals surface area contributed by atoms with Crippen LogP contribution in [-0.4, -0.2) is 28.6 Å². The molecule has 1 aromatic rings. The Labute approximate surface area is 125 Å². The smallest absolute Gasteiger partial charge is 0.0943 e. The summed E-state index contributed by atoms with van der Waals surface area (Å²) < 4.78 is 0. The van der Waals surface area contributed by atoms with Gasteiger partial charge in [0.05, 0.1) is 5.01 Å². The molecule has 1 aliphatic carbocycles. The highest BCUT2D eigenvalue weighted by Crippen LogP contribution is 2.30. The van der Waals surface area contributed by atoms with Crippen molar-refractivity contribution in [3.05, 3.63) is 16.1 Å². The molecule has 1 aliphatic rings. The van der Waals surface area contributed by atoms with Crippen LogP contribution in [0.1, 0.15) is 49.7 Å². The summed E-state index contributed by atoms with van der Waals surface area (Å²) in [6, 6.07) is 0.594. The molecule has 1 unspecified atom stereocenters. The van der Waals surface area contributed by atoms with Crippen LogP contribution in [0.15, 0.2) is 5.38 Å². The van der Waals surface area contributed by atoms with Gasteiger partial charge in [0.25, 0.3) is 0 Å². The van der Waals surface area contributed by atoms with Crippen LogP contribution in [0, 0.1) is 6.92 Å². The standard InChI is InChI=1S/C15H26N2S2/c1-3-8-16-13(9-15-17-12(2)10-19-15)11-18-14-6-4-5-7-14/h10,13-14,16H,3-9,11H2,1-2H3. The van der Waals surface area contributed by atoms with Gasteiger partial charge >= 0.3 is 0 Å². The van der Waals surface area contributed by atoms with E-state index in [4.69, 9.17) is 0 Å². The van der Waals surface area contributed by atoms with Gasteiger partial charge in [0.2, 0.25) is 0 Å². The maximum absolute atomic E-state index is 4.61. The quantitative estimate of drug-likeness (QED) is 0.784. The molecule has 19 heavy (non-hydrogen) atoms. The van der Waals surface area contributed by atoms with Crippen LogP contribution >= 0.6 is 23.1 Å². The first kappa shape index (κ1) is 15.3. The minimum atomic E-state index is 0.594. The maximum atomic E-state index is 4.61. The van der Waals surface area contributed by atoms with Crippen molar-refractivity contribution in [2.45, 2.75) is 63.7 Å². The predicted molar refractivity (Wildman–Crippen MR) is 87.4 cm³/mol. The van der Waals surface area contributed by atoms with E-state index in [1.54, 1.807) is 0 Å². The lowest BCUT2D eigenvalue weighted by atomic mass is 10.2. The molecule has 1 N–H and O–H groups in total. The van der Waals surface area contributed by atoms with Crippen molar-refractivity contribution >= 4 is 23.1 Å². The molecular formula is C15H26N2S2. The Bertz CT molecular complexity index is 359. The van der Waals surface area contributed by atoms with Crippen molar-refractivity contribution in [2.75, 3.05) is 12.3 Å². The second kappa shape index (κ2) is 8.28. The van der Waals surface area contributed by atoms with Gasteiger partial charge in [-0.05, 0) is 32.7 Å². The zero-order valence-electron chi connectivity index (χ0n) is 12.2. The van der Waals surface area contributed by atoms with Gasteiger partial charge in [-0.15, -0.1) is 11.3 Å². The Morgan fingerprint density at radius 1 is 1.47 bits per heavy atom. The second-order valence-electron chi connectivity index (χ2n) is 5.48. The molecule has 0 saturated heterocycles. The van der Waals surface area contributed by atoms with E-state index in [0.29, 0.717) is 6.04 Å². The third kappa shape index (κ3) is 5.44. The van der Waals surface area contributed by atoms with Crippen LogP contribution in [0.2, 0.25) is 0 Å². The largest absolute Gasteiger partial charge is 0.313 e. The zero-order chi connectivity index (χ0) is 13.5. The Morgan fingerprint density at radius 3 is 2.89 bits per heavy atom. The molecule has 2 rings (SSSR count). The Kier molecular flexibility index (Phi) is 6.68. The van der Waals surface area contributed by atoms with Gasteiger partial charge in [-0.2, -0.15) is 11.8 Å². The average Bonchev–Trinajstić information content (AvgIpc) is 3.04. The molecule has 0 radical (unpaired) electrons. The van der Waals surface area contributed by atoms with Crippen LogP contribution in [0.25, 0.3) is 0 Å². The lowest BCUT2D eigenvalue weighted by molar-refractivity contribution is 0.548. The van der Waals surface area contributed by atoms with Crippen LogP contribution in [-0.2, 0) is 6.42 Å². The Hall–Kier alpha value is -0.0600. The summed E-state index contributed by atoms with van der Waals surface area (Å²) in [5.41, 5.74) is 1.16. The lowest BCUT2D eigenvalue weighted by Crippen LogP contribution is -2.34. The van der Waals surface area contributed by atoms with Gasteiger partial charge < -0.3 is 5.32 Å². The molecular weight excluding hydrogens is 272 g/mol. The fourth-order valence-corrected chi connectivity index (χ4v) is 4.81. The molecule has 108 valence electrons. The monoisotopic (exact) mass is 298 g/mol. The van der Waals surface area contributed by atoms with Crippen LogP contribution in [0.3, 0.4) is 0 Å². The minimum Gasteiger partial charge on any atom is -0.313 e. The summed E-state index contributed by atoms with van der Waals surface area (Å²) >= 11 is 3.99. The second-order valence-corrected chi connectivity index (χ2v) is 7.75. The normalized spacial score (nSPS) is 18.0. The fraction of sp³-hybridized carbons (Fsp3) is 0.800. The van der Waals surface area contributed by atoms with Gasteiger partial charge in [0.1, 0.15) is 0 Å². The van der Waals surface area contributed by atoms with Crippen molar-refractivity contribution in [3.63, 3.8) is 0 Å². The molecule has 1 aromatic heterocycles.